The second-order valence-corrected chi connectivity index (χ2v) is 6.33. The molecule has 8 heteroatoms. The minimum absolute atomic E-state index is 0.0760. The topological polar surface area (TPSA) is 110 Å². The highest BCUT2D eigenvalue weighted by Crippen LogP contribution is 2.00. The van der Waals surface area contributed by atoms with Crippen LogP contribution >= 0.6 is 0 Å². The van der Waals surface area contributed by atoms with Gasteiger partial charge in [-0.15, -0.1) is 0 Å². The number of nitrogens with two attached hydrogens (primary N) is 1. The highest BCUT2D eigenvalue weighted by molar-refractivity contribution is 7.90. The lowest BCUT2D eigenvalue weighted by Crippen LogP contribution is -2.46. The summed E-state index contributed by atoms with van der Waals surface area (Å²) in [7, 11) is -1.63. The molecule has 1 atom stereocenters. The van der Waals surface area contributed by atoms with Gasteiger partial charge >= 0.3 is 0 Å². The number of rotatable bonds is 9. The first-order chi connectivity index (χ1) is 8.31. The van der Waals surface area contributed by atoms with Crippen LogP contribution in [0, 0.1) is 0 Å². The lowest BCUT2D eigenvalue weighted by Gasteiger charge is -2.24. The van der Waals surface area contributed by atoms with Crippen LogP contribution in [0.3, 0.4) is 0 Å². The van der Waals surface area contributed by atoms with Gasteiger partial charge in [-0.2, -0.15) is 0 Å². The summed E-state index contributed by atoms with van der Waals surface area (Å²) in [5.41, 5.74) is 5.65. The van der Waals surface area contributed by atoms with Crippen LogP contribution in [-0.4, -0.2) is 75.8 Å². The van der Waals surface area contributed by atoms with Gasteiger partial charge in [0.1, 0.15) is 9.84 Å². The third kappa shape index (κ3) is 7.59. The summed E-state index contributed by atoms with van der Waals surface area (Å²) >= 11 is 0. The Hall–Kier alpha value is -0.700. The third-order valence-corrected chi connectivity index (χ3v) is 3.34. The predicted molar refractivity (Wildman–Crippen MR) is 67.8 cm³/mol. The Labute approximate surface area is 108 Å². The molecule has 0 rings (SSSR count). The Morgan fingerprint density at radius 2 is 2.06 bits per heavy atom. The Bertz CT molecular complexity index is 344. The number of sulfone groups is 1. The van der Waals surface area contributed by atoms with Crippen LogP contribution in [0.2, 0.25) is 0 Å². The van der Waals surface area contributed by atoms with E-state index in [2.05, 4.69) is 0 Å². The average molecular weight is 282 g/mol. The van der Waals surface area contributed by atoms with E-state index in [1.165, 1.54) is 12.0 Å². The van der Waals surface area contributed by atoms with Crippen LogP contribution in [-0.2, 0) is 19.4 Å². The summed E-state index contributed by atoms with van der Waals surface area (Å²) in [5, 5.41) is 8.85. The standard InChI is InChI=1S/C10H22N2O5S/c1-17-7-5-12(4-6-13)10(14)9(11)3-8-18(2,15)16/h9,13H,3-8,11H2,1-2H3. The van der Waals surface area contributed by atoms with Crippen molar-refractivity contribution in [2.24, 2.45) is 5.73 Å². The van der Waals surface area contributed by atoms with Crippen molar-refractivity contribution in [3.05, 3.63) is 0 Å². The van der Waals surface area contributed by atoms with Crippen molar-refractivity contribution in [2.75, 3.05) is 45.4 Å². The third-order valence-electron chi connectivity index (χ3n) is 2.36. The molecule has 0 aromatic rings. The quantitative estimate of drug-likeness (QED) is 0.517. The number of hydrogen-bond acceptors (Lipinski definition) is 6. The van der Waals surface area contributed by atoms with Gasteiger partial charge in [0.15, 0.2) is 0 Å². The number of carbonyl (C=O) groups excluding carboxylic acids is 1. The van der Waals surface area contributed by atoms with Crippen molar-refractivity contribution >= 4 is 15.7 Å². The monoisotopic (exact) mass is 282 g/mol. The van der Waals surface area contributed by atoms with E-state index in [0.717, 1.165) is 6.26 Å². The lowest BCUT2D eigenvalue weighted by molar-refractivity contribution is -0.133. The molecule has 0 bridgehead atoms. The summed E-state index contributed by atoms with van der Waals surface area (Å²) < 4.78 is 26.8. The molecule has 0 aromatic heterocycles. The number of methoxy groups -OCH3 is 1. The zero-order valence-corrected chi connectivity index (χ0v) is 11.6. The largest absolute Gasteiger partial charge is 0.395 e. The summed E-state index contributed by atoms with van der Waals surface area (Å²) in [6.45, 7) is 0.649. The van der Waals surface area contributed by atoms with Crippen LogP contribution < -0.4 is 5.73 Å². The fourth-order valence-electron chi connectivity index (χ4n) is 1.35. The highest BCUT2D eigenvalue weighted by atomic mass is 32.2. The van der Waals surface area contributed by atoms with E-state index < -0.39 is 15.9 Å². The Kier molecular flexibility index (Phi) is 8.08. The number of nitrogens with zero attached hydrogens (tertiary/aromatic N) is 1. The fourth-order valence-corrected chi connectivity index (χ4v) is 2.04. The van der Waals surface area contributed by atoms with Crippen molar-refractivity contribution in [3.63, 3.8) is 0 Å². The van der Waals surface area contributed by atoms with E-state index in [-0.39, 0.29) is 31.2 Å². The molecule has 1 unspecified atom stereocenters. The van der Waals surface area contributed by atoms with Crippen LogP contribution in [0.1, 0.15) is 6.42 Å². The average Bonchev–Trinajstić information content (AvgIpc) is 2.29. The van der Waals surface area contributed by atoms with Gasteiger partial charge in [-0.25, -0.2) is 8.42 Å². The molecule has 0 spiro atoms. The maximum atomic E-state index is 11.9. The molecule has 0 fully saturated rings. The second-order valence-electron chi connectivity index (χ2n) is 4.07. The number of aliphatic hydroxyl groups excluding tert-OH is 1. The van der Waals surface area contributed by atoms with E-state index in [1.807, 2.05) is 0 Å². The SMILES string of the molecule is COCCN(CCO)C(=O)C(N)CCS(C)(=O)=O. The minimum Gasteiger partial charge on any atom is -0.395 e. The van der Waals surface area contributed by atoms with E-state index >= 15 is 0 Å². The highest BCUT2D eigenvalue weighted by Gasteiger charge is 2.21. The van der Waals surface area contributed by atoms with E-state index in [0.29, 0.717) is 13.2 Å². The smallest absolute Gasteiger partial charge is 0.239 e. The molecule has 108 valence electrons. The molecule has 0 saturated carbocycles. The molecular weight excluding hydrogens is 260 g/mol. The predicted octanol–water partition coefficient (Wildman–Crippen LogP) is -1.78. The lowest BCUT2D eigenvalue weighted by atomic mass is 10.2. The number of aliphatic hydroxyl groups is 1. The second kappa shape index (κ2) is 8.41. The number of amides is 1. The molecule has 0 aromatic carbocycles. The minimum atomic E-state index is -3.13. The molecule has 0 heterocycles. The van der Waals surface area contributed by atoms with Crippen LogP contribution in [0.4, 0.5) is 0 Å². The number of hydrogen-bond donors (Lipinski definition) is 2. The van der Waals surface area contributed by atoms with Crippen molar-refractivity contribution < 1.29 is 23.1 Å². The molecule has 1 amide bonds. The Morgan fingerprint density at radius 3 is 2.50 bits per heavy atom. The van der Waals surface area contributed by atoms with Crippen molar-refractivity contribution in [1.82, 2.24) is 4.90 Å². The van der Waals surface area contributed by atoms with Gasteiger partial charge in [-0.3, -0.25) is 4.79 Å². The summed E-state index contributed by atoms with van der Waals surface area (Å²) in [5.74, 6) is -0.498. The first-order valence-electron chi connectivity index (χ1n) is 5.63. The van der Waals surface area contributed by atoms with Crippen molar-refractivity contribution in [2.45, 2.75) is 12.5 Å². The van der Waals surface area contributed by atoms with Crippen molar-refractivity contribution in [1.29, 1.82) is 0 Å². The number of carbonyl (C=O) groups is 1. The van der Waals surface area contributed by atoms with Gasteiger partial charge in [-0.1, -0.05) is 0 Å². The van der Waals surface area contributed by atoms with Gasteiger partial charge < -0.3 is 20.5 Å². The van der Waals surface area contributed by atoms with E-state index in [1.54, 1.807) is 0 Å². The van der Waals surface area contributed by atoms with E-state index in [9.17, 15) is 13.2 Å². The summed E-state index contributed by atoms with van der Waals surface area (Å²) in [6.07, 6.45) is 1.17. The summed E-state index contributed by atoms with van der Waals surface area (Å²) in [4.78, 5) is 13.3. The molecule has 0 aliphatic carbocycles. The van der Waals surface area contributed by atoms with Gasteiger partial charge in [0.25, 0.3) is 0 Å². The zero-order chi connectivity index (χ0) is 14.2. The first kappa shape index (κ1) is 17.3. The van der Waals surface area contributed by atoms with Crippen LogP contribution in [0.25, 0.3) is 0 Å². The van der Waals surface area contributed by atoms with Crippen LogP contribution in [0.5, 0.6) is 0 Å². The van der Waals surface area contributed by atoms with Gasteiger partial charge in [0.05, 0.1) is 25.0 Å². The van der Waals surface area contributed by atoms with E-state index in [4.69, 9.17) is 15.6 Å². The molecule has 0 saturated heterocycles. The fraction of sp³-hybridized carbons (Fsp3) is 0.900. The zero-order valence-electron chi connectivity index (χ0n) is 10.8. The molecule has 0 radical (unpaired) electrons. The molecule has 3 N–H and O–H groups in total. The van der Waals surface area contributed by atoms with Gasteiger partial charge in [0.2, 0.25) is 5.91 Å². The molecule has 7 nitrogen and oxygen atoms in total. The number of ether oxygens (including phenoxy) is 1. The summed E-state index contributed by atoms with van der Waals surface area (Å²) in [6, 6.07) is -0.872. The Morgan fingerprint density at radius 1 is 1.44 bits per heavy atom. The molecule has 0 aliphatic rings. The van der Waals surface area contributed by atoms with Crippen molar-refractivity contribution in [3.8, 4) is 0 Å². The normalized spacial score (nSPS) is 13.3. The van der Waals surface area contributed by atoms with Crippen LogP contribution in [0.15, 0.2) is 0 Å². The maximum absolute atomic E-state index is 11.9. The molecule has 0 aliphatic heterocycles. The van der Waals surface area contributed by atoms with Gasteiger partial charge in [0, 0.05) is 26.5 Å². The first-order valence-corrected chi connectivity index (χ1v) is 7.69. The molecule has 18 heavy (non-hydrogen) atoms. The Balaban J connectivity index is 4.36. The maximum Gasteiger partial charge on any atom is 0.239 e. The molecular formula is C10H22N2O5S. The van der Waals surface area contributed by atoms with Gasteiger partial charge in [-0.05, 0) is 6.42 Å².